The van der Waals surface area contributed by atoms with Crippen LogP contribution in [0.15, 0.2) is 35.3 Å². The maximum atomic E-state index is 4.84. The molecule has 0 radical (unpaired) electrons. The van der Waals surface area contributed by atoms with Crippen LogP contribution in [0, 0.1) is 0 Å². The highest BCUT2D eigenvalue weighted by Gasteiger charge is 2.43. The molecule has 22 heavy (non-hydrogen) atoms. The fourth-order valence-electron chi connectivity index (χ4n) is 2.52. The van der Waals surface area contributed by atoms with E-state index in [4.69, 9.17) is 4.99 Å². The summed E-state index contributed by atoms with van der Waals surface area (Å²) in [6.07, 6.45) is 4.90. The van der Waals surface area contributed by atoms with Gasteiger partial charge < -0.3 is 10.6 Å². The molecule has 0 heterocycles. The molecule has 0 unspecified atom stereocenters. The van der Waals surface area contributed by atoms with E-state index >= 15 is 0 Å². The van der Waals surface area contributed by atoms with E-state index in [1.165, 1.54) is 31.2 Å². The molecule has 1 aliphatic carbocycles. The van der Waals surface area contributed by atoms with E-state index < -0.39 is 0 Å². The Morgan fingerprint density at radius 2 is 1.91 bits per heavy atom. The summed E-state index contributed by atoms with van der Waals surface area (Å²) in [5, 5.41) is 6.87. The number of guanidine groups is 1. The summed E-state index contributed by atoms with van der Waals surface area (Å²) in [5.74, 6) is 0.959. The van der Waals surface area contributed by atoms with Gasteiger partial charge in [-0.25, -0.2) is 0 Å². The zero-order valence-corrected chi connectivity index (χ0v) is 16.4. The van der Waals surface area contributed by atoms with Gasteiger partial charge >= 0.3 is 0 Å². The highest BCUT2D eigenvalue weighted by molar-refractivity contribution is 14.0. The number of rotatable bonds is 7. The molecule has 2 rings (SSSR count). The second-order valence-corrected chi connectivity index (χ2v) is 6.39. The molecule has 1 aliphatic rings. The molecule has 0 saturated heterocycles. The molecule has 0 bridgehead atoms. The molecule has 3 nitrogen and oxygen atoms in total. The van der Waals surface area contributed by atoms with Crippen molar-refractivity contribution in [3.8, 4) is 0 Å². The number of halogens is 1. The van der Waals surface area contributed by atoms with Crippen molar-refractivity contribution in [3.05, 3.63) is 35.9 Å². The molecule has 1 aromatic rings. The average molecular weight is 415 g/mol. The topological polar surface area (TPSA) is 36.4 Å². The third-order valence-corrected chi connectivity index (χ3v) is 4.03. The lowest BCUT2D eigenvalue weighted by atomic mass is 9.96. The number of hydrogen-bond donors (Lipinski definition) is 2. The lowest BCUT2D eigenvalue weighted by Gasteiger charge is -2.18. The molecule has 1 aromatic carbocycles. The predicted octanol–water partition coefficient (Wildman–Crippen LogP) is 4.08. The van der Waals surface area contributed by atoms with Crippen LogP contribution in [0.1, 0.15) is 52.0 Å². The molecular formula is C18H30IN3. The number of unbranched alkanes of at least 4 members (excludes halogenated alkanes) is 1. The quantitative estimate of drug-likeness (QED) is 0.305. The summed E-state index contributed by atoms with van der Waals surface area (Å²) in [5.41, 5.74) is 1.73. The Kier molecular flexibility index (Phi) is 8.21. The third kappa shape index (κ3) is 5.78. The van der Waals surface area contributed by atoms with Gasteiger partial charge in [0.05, 0.1) is 6.54 Å². The second kappa shape index (κ2) is 9.38. The number of benzene rings is 1. The minimum absolute atomic E-state index is 0. The van der Waals surface area contributed by atoms with Crippen LogP contribution in [-0.2, 0) is 5.41 Å². The van der Waals surface area contributed by atoms with Crippen LogP contribution in [0.4, 0.5) is 0 Å². The standard InChI is InChI=1S/C18H29N3.HI/c1-4-5-13-19-17(21-15(2)3)20-14-18(11-12-18)16-9-7-6-8-10-16;/h6-10,15H,4-5,11-14H2,1-3H3,(H2,19,20,21);1H. The van der Waals surface area contributed by atoms with Crippen LogP contribution in [0.3, 0.4) is 0 Å². The number of nitrogens with zero attached hydrogens (tertiary/aromatic N) is 1. The largest absolute Gasteiger partial charge is 0.356 e. The summed E-state index contributed by atoms with van der Waals surface area (Å²) < 4.78 is 0. The average Bonchev–Trinajstić information content (AvgIpc) is 3.26. The van der Waals surface area contributed by atoms with Crippen LogP contribution < -0.4 is 10.6 Å². The van der Waals surface area contributed by atoms with E-state index in [0.29, 0.717) is 6.04 Å². The van der Waals surface area contributed by atoms with Gasteiger partial charge in [0.2, 0.25) is 0 Å². The van der Waals surface area contributed by atoms with Gasteiger partial charge in [-0.15, -0.1) is 24.0 Å². The van der Waals surface area contributed by atoms with E-state index in [0.717, 1.165) is 19.0 Å². The van der Waals surface area contributed by atoms with E-state index in [2.05, 4.69) is 61.7 Å². The van der Waals surface area contributed by atoms with Gasteiger partial charge in [-0.3, -0.25) is 4.99 Å². The molecule has 0 spiro atoms. The first-order chi connectivity index (χ1) is 10.2. The summed E-state index contributed by atoms with van der Waals surface area (Å²) in [6.45, 7) is 8.39. The van der Waals surface area contributed by atoms with Crippen molar-refractivity contribution in [2.45, 2.75) is 57.9 Å². The Morgan fingerprint density at radius 1 is 1.23 bits per heavy atom. The fourth-order valence-corrected chi connectivity index (χ4v) is 2.52. The SMILES string of the molecule is CCCCNC(=NCC1(c2ccccc2)CC1)NC(C)C.I. The van der Waals surface area contributed by atoms with Crippen molar-refractivity contribution in [1.29, 1.82) is 0 Å². The molecule has 2 N–H and O–H groups in total. The van der Waals surface area contributed by atoms with E-state index in [-0.39, 0.29) is 29.4 Å². The highest BCUT2D eigenvalue weighted by atomic mass is 127. The molecule has 0 aromatic heterocycles. The van der Waals surface area contributed by atoms with E-state index in [1.807, 2.05) is 0 Å². The third-order valence-electron chi connectivity index (χ3n) is 4.03. The number of nitrogens with one attached hydrogen (secondary N) is 2. The lowest BCUT2D eigenvalue weighted by molar-refractivity contribution is 0.656. The van der Waals surface area contributed by atoms with Gasteiger partial charge in [-0.1, -0.05) is 43.7 Å². The Bertz CT molecular complexity index is 453. The van der Waals surface area contributed by atoms with Gasteiger partial charge in [0.15, 0.2) is 5.96 Å². The first kappa shape index (κ1) is 19.3. The van der Waals surface area contributed by atoms with Crippen molar-refractivity contribution >= 4 is 29.9 Å². The Morgan fingerprint density at radius 3 is 2.45 bits per heavy atom. The molecule has 0 atom stereocenters. The van der Waals surface area contributed by atoms with Crippen LogP contribution in [-0.4, -0.2) is 25.1 Å². The molecule has 0 aliphatic heterocycles. The zero-order chi connectivity index (χ0) is 15.1. The highest BCUT2D eigenvalue weighted by Crippen LogP contribution is 2.48. The second-order valence-electron chi connectivity index (χ2n) is 6.39. The summed E-state index contributed by atoms with van der Waals surface area (Å²) >= 11 is 0. The monoisotopic (exact) mass is 415 g/mol. The number of hydrogen-bond acceptors (Lipinski definition) is 1. The molecule has 4 heteroatoms. The first-order valence-electron chi connectivity index (χ1n) is 8.27. The molecule has 124 valence electrons. The first-order valence-corrected chi connectivity index (χ1v) is 8.27. The van der Waals surface area contributed by atoms with Crippen molar-refractivity contribution < 1.29 is 0 Å². The molecule has 1 fully saturated rings. The van der Waals surface area contributed by atoms with Crippen LogP contribution in [0.5, 0.6) is 0 Å². The van der Waals surface area contributed by atoms with Gasteiger partial charge in [-0.05, 0) is 38.7 Å². The summed E-state index contributed by atoms with van der Waals surface area (Å²) in [4.78, 5) is 4.84. The van der Waals surface area contributed by atoms with Crippen LogP contribution >= 0.6 is 24.0 Å². The minimum atomic E-state index is 0. The molecule has 1 saturated carbocycles. The minimum Gasteiger partial charge on any atom is -0.356 e. The van der Waals surface area contributed by atoms with Gasteiger partial charge in [0.1, 0.15) is 0 Å². The predicted molar refractivity (Wildman–Crippen MR) is 106 cm³/mol. The maximum Gasteiger partial charge on any atom is 0.191 e. The van der Waals surface area contributed by atoms with E-state index in [1.54, 1.807) is 0 Å². The Hall–Kier alpha value is -0.780. The van der Waals surface area contributed by atoms with Gasteiger partial charge in [0, 0.05) is 18.0 Å². The van der Waals surface area contributed by atoms with Crippen LogP contribution in [0.25, 0.3) is 0 Å². The fraction of sp³-hybridized carbons (Fsp3) is 0.611. The zero-order valence-electron chi connectivity index (χ0n) is 14.1. The van der Waals surface area contributed by atoms with Crippen molar-refractivity contribution in [2.75, 3.05) is 13.1 Å². The lowest BCUT2D eigenvalue weighted by Crippen LogP contribution is -2.42. The normalized spacial score (nSPS) is 16.1. The summed E-state index contributed by atoms with van der Waals surface area (Å²) in [7, 11) is 0. The van der Waals surface area contributed by atoms with Gasteiger partial charge in [0.25, 0.3) is 0 Å². The van der Waals surface area contributed by atoms with Crippen molar-refractivity contribution in [1.82, 2.24) is 10.6 Å². The van der Waals surface area contributed by atoms with Gasteiger partial charge in [-0.2, -0.15) is 0 Å². The maximum absolute atomic E-state index is 4.84. The Labute approximate surface area is 152 Å². The van der Waals surface area contributed by atoms with Crippen molar-refractivity contribution in [3.63, 3.8) is 0 Å². The van der Waals surface area contributed by atoms with Crippen molar-refractivity contribution in [2.24, 2.45) is 4.99 Å². The molecule has 0 amide bonds. The molecular weight excluding hydrogens is 385 g/mol. The van der Waals surface area contributed by atoms with E-state index in [9.17, 15) is 0 Å². The summed E-state index contributed by atoms with van der Waals surface area (Å²) in [6, 6.07) is 11.2. The number of aliphatic imine (C=N–C) groups is 1. The Balaban J connectivity index is 0.00000242. The smallest absolute Gasteiger partial charge is 0.191 e. The van der Waals surface area contributed by atoms with Crippen LogP contribution in [0.2, 0.25) is 0 Å².